The molecule has 0 aliphatic rings. The lowest BCUT2D eigenvalue weighted by atomic mass is 10.1. The Labute approximate surface area is 131 Å². The van der Waals surface area contributed by atoms with Crippen LogP contribution in [0.4, 0.5) is 5.82 Å². The number of para-hydroxylation sites is 1. The maximum Gasteiger partial charge on any atom is 0.127 e. The van der Waals surface area contributed by atoms with E-state index in [0.29, 0.717) is 5.82 Å². The SMILES string of the molecule is Cc1cccc(-c2cc(N)n(-c3ccccc3)n2)c1I. The smallest absolute Gasteiger partial charge is 0.127 e. The first-order valence-electron chi connectivity index (χ1n) is 6.33. The van der Waals surface area contributed by atoms with Crippen molar-refractivity contribution in [2.24, 2.45) is 0 Å². The van der Waals surface area contributed by atoms with Crippen molar-refractivity contribution in [1.82, 2.24) is 9.78 Å². The van der Waals surface area contributed by atoms with Gasteiger partial charge >= 0.3 is 0 Å². The molecule has 4 heteroatoms. The van der Waals surface area contributed by atoms with Crippen molar-refractivity contribution >= 4 is 28.4 Å². The number of aromatic nitrogens is 2. The van der Waals surface area contributed by atoms with Crippen LogP contribution in [0.15, 0.2) is 54.6 Å². The average molecular weight is 375 g/mol. The third-order valence-corrected chi connectivity index (χ3v) is 4.64. The molecule has 2 N–H and O–H groups in total. The molecule has 20 heavy (non-hydrogen) atoms. The molecule has 0 aliphatic carbocycles. The number of nitrogens with zero attached hydrogens (tertiary/aromatic N) is 2. The number of halogens is 1. The Morgan fingerprint density at radius 2 is 1.80 bits per heavy atom. The highest BCUT2D eigenvalue weighted by atomic mass is 127. The van der Waals surface area contributed by atoms with Crippen molar-refractivity contribution in [3.8, 4) is 16.9 Å². The molecule has 3 aromatic rings. The van der Waals surface area contributed by atoms with Crippen LogP contribution in [-0.2, 0) is 0 Å². The minimum atomic E-state index is 0.642. The molecular weight excluding hydrogens is 361 g/mol. The van der Waals surface area contributed by atoms with Crippen molar-refractivity contribution in [2.45, 2.75) is 6.92 Å². The van der Waals surface area contributed by atoms with Gasteiger partial charge in [-0.25, -0.2) is 4.68 Å². The molecule has 2 aromatic carbocycles. The quantitative estimate of drug-likeness (QED) is 0.688. The third kappa shape index (κ3) is 2.31. The molecule has 0 bridgehead atoms. The Morgan fingerprint density at radius 1 is 1.05 bits per heavy atom. The molecule has 3 rings (SSSR count). The highest BCUT2D eigenvalue weighted by molar-refractivity contribution is 14.1. The van der Waals surface area contributed by atoms with Crippen molar-refractivity contribution in [1.29, 1.82) is 0 Å². The number of nitrogens with two attached hydrogens (primary N) is 1. The van der Waals surface area contributed by atoms with E-state index in [1.54, 1.807) is 4.68 Å². The van der Waals surface area contributed by atoms with Crippen LogP contribution in [0.25, 0.3) is 16.9 Å². The first-order valence-corrected chi connectivity index (χ1v) is 7.41. The van der Waals surface area contributed by atoms with Gasteiger partial charge in [0.2, 0.25) is 0 Å². The summed E-state index contributed by atoms with van der Waals surface area (Å²) in [7, 11) is 0. The van der Waals surface area contributed by atoms with Crippen molar-refractivity contribution in [2.75, 3.05) is 5.73 Å². The van der Waals surface area contributed by atoms with Gasteiger partial charge in [-0.05, 0) is 47.2 Å². The number of anilines is 1. The van der Waals surface area contributed by atoms with Crippen LogP contribution < -0.4 is 5.73 Å². The first kappa shape index (κ1) is 13.2. The lowest BCUT2D eigenvalue weighted by Crippen LogP contribution is -2.01. The standard InChI is InChI=1S/C16H14IN3/c1-11-6-5-9-13(16(11)17)14-10-15(18)20(19-14)12-7-3-2-4-8-12/h2-10H,18H2,1H3. The van der Waals surface area contributed by atoms with Gasteiger partial charge in [0.25, 0.3) is 0 Å². The lowest BCUT2D eigenvalue weighted by Gasteiger charge is -2.04. The normalized spacial score (nSPS) is 10.7. The molecule has 0 aliphatic heterocycles. The molecular formula is C16H14IN3. The van der Waals surface area contributed by atoms with Crippen LogP contribution in [0, 0.1) is 10.5 Å². The van der Waals surface area contributed by atoms with E-state index in [0.717, 1.165) is 16.9 Å². The molecule has 0 spiro atoms. The van der Waals surface area contributed by atoms with E-state index in [2.05, 4.69) is 46.7 Å². The van der Waals surface area contributed by atoms with Gasteiger partial charge < -0.3 is 5.73 Å². The van der Waals surface area contributed by atoms with E-state index >= 15 is 0 Å². The third-order valence-electron chi connectivity index (χ3n) is 3.21. The lowest BCUT2D eigenvalue weighted by molar-refractivity contribution is 0.895. The van der Waals surface area contributed by atoms with Gasteiger partial charge in [-0.3, -0.25) is 0 Å². The number of nitrogen functional groups attached to an aromatic ring is 1. The summed E-state index contributed by atoms with van der Waals surface area (Å²) in [4.78, 5) is 0. The molecule has 0 saturated heterocycles. The fourth-order valence-corrected chi connectivity index (χ4v) is 2.78. The predicted molar refractivity (Wildman–Crippen MR) is 90.9 cm³/mol. The molecule has 3 nitrogen and oxygen atoms in total. The zero-order chi connectivity index (χ0) is 14.1. The molecule has 100 valence electrons. The van der Waals surface area contributed by atoms with Crippen molar-refractivity contribution < 1.29 is 0 Å². The van der Waals surface area contributed by atoms with Gasteiger partial charge in [0, 0.05) is 15.2 Å². The molecule has 0 fully saturated rings. The van der Waals surface area contributed by atoms with Gasteiger partial charge in [0.05, 0.1) is 11.4 Å². The Morgan fingerprint density at radius 3 is 2.55 bits per heavy atom. The monoisotopic (exact) mass is 375 g/mol. The minimum Gasteiger partial charge on any atom is -0.384 e. The van der Waals surface area contributed by atoms with E-state index in [1.165, 1.54) is 9.13 Å². The van der Waals surface area contributed by atoms with Gasteiger partial charge in [-0.15, -0.1) is 0 Å². The molecule has 0 atom stereocenters. The van der Waals surface area contributed by atoms with Crippen LogP contribution in [0.2, 0.25) is 0 Å². The molecule has 1 heterocycles. The number of hydrogen-bond donors (Lipinski definition) is 1. The number of hydrogen-bond acceptors (Lipinski definition) is 2. The summed E-state index contributed by atoms with van der Waals surface area (Å²) in [6, 6.07) is 18.1. The highest BCUT2D eigenvalue weighted by Gasteiger charge is 2.11. The summed E-state index contributed by atoms with van der Waals surface area (Å²) in [6.07, 6.45) is 0. The van der Waals surface area contributed by atoms with Gasteiger partial charge in [0.1, 0.15) is 5.82 Å². The maximum absolute atomic E-state index is 6.10. The van der Waals surface area contributed by atoms with Gasteiger partial charge in [-0.2, -0.15) is 5.10 Å². The van der Waals surface area contributed by atoms with Crippen LogP contribution in [0.5, 0.6) is 0 Å². The van der Waals surface area contributed by atoms with E-state index in [-0.39, 0.29) is 0 Å². The minimum absolute atomic E-state index is 0.642. The second-order valence-electron chi connectivity index (χ2n) is 4.64. The predicted octanol–water partition coefficient (Wildman–Crippen LogP) is 4.03. The molecule has 1 aromatic heterocycles. The number of rotatable bonds is 2. The Hall–Kier alpha value is -1.82. The second kappa shape index (κ2) is 5.28. The summed E-state index contributed by atoms with van der Waals surface area (Å²) in [5, 5.41) is 4.64. The number of benzene rings is 2. The Bertz CT molecular complexity index is 748. The van der Waals surface area contributed by atoms with E-state index in [1.807, 2.05) is 42.5 Å². The van der Waals surface area contributed by atoms with E-state index in [9.17, 15) is 0 Å². The molecule has 0 unspecified atom stereocenters. The van der Waals surface area contributed by atoms with Crippen LogP contribution in [0.1, 0.15) is 5.56 Å². The fraction of sp³-hybridized carbons (Fsp3) is 0.0625. The Balaban J connectivity index is 2.12. The fourth-order valence-electron chi connectivity index (χ4n) is 2.15. The summed E-state index contributed by atoms with van der Waals surface area (Å²) in [5.41, 5.74) is 10.3. The Kier molecular flexibility index (Phi) is 3.48. The highest BCUT2D eigenvalue weighted by Crippen LogP contribution is 2.28. The summed E-state index contributed by atoms with van der Waals surface area (Å²) in [5.74, 6) is 0.642. The van der Waals surface area contributed by atoms with Crippen LogP contribution >= 0.6 is 22.6 Å². The molecule has 0 radical (unpaired) electrons. The van der Waals surface area contributed by atoms with Gasteiger partial charge in [-0.1, -0.05) is 36.4 Å². The van der Waals surface area contributed by atoms with Crippen LogP contribution in [-0.4, -0.2) is 9.78 Å². The van der Waals surface area contributed by atoms with Gasteiger partial charge in [0.15, 0.2) is 0 Å². The molecule has 0 saturated carbocycles. The molecule has 0 amide bonds. The van der Waals surface area contributed by atoms with Crippen molar-refractivity contribution in [3.63, 3.8) is 0 Å². The first-order chi connectivity index (χ1) is 9.66. The zero-order valence-electron chi connectivity index (χ0n) is 11.0. The summed E-state index contributed by atoms with van der Waals surface area (Å²) < 4.78 is 2.98. The second-order valence-corrected chi connectivity index (χ2v) is 5.72. The van der Waals surface area contributed by atoms with E-state index in [4.69, 9.17) is 5.73 Å². The zero-order valence-corrected chi connectivity index (χ0v) is 13.2. The average Bonchev–Trinajstić information content (AvgIpc) is 2.85. The topological polar surface area (TPSA) is 43.8 Å². The maximum atomic E-state index is 6.10. The largest absolute Gasteiger partial charge is 0.384 e. The van der Waals surface area contributed by atoms with E-state index < -0.39 is 0 Å². The number of aryl methyl sites for hydroxylation is 1. The summed E-state index contributed by atoms with van der Waals surface area (Å²) in [6.45, 7) is 2.10. The summed E-state index contributed by atoms with van der Waals surface area (Å²) >= 11 is 2.35. The van der Waals surface area contributed by atoms with Crippen molar-refractivity contribution in [3.05, 3.63) is 63.7 Å². The van der Waals surface area contributed by atoms with Crippen LogP contribution in [0.3, 0.4) is 0 Å².